The van der Waals surface area contributed by atoms with Crippen LogP contribution in [0.15, 0.2) is 72.8 Å². The van der Waals surface area contributed by atoms with E-state index in [1.54, 1.807) is 43.0 Å². The molecule has 1 unspecified atom stereocenters. The van der Waals surface area contributed by atoms with Gasteiger partial charge in [-0.1, -0.05) is 71.7 Å². The summed E-state index contributed by atoms with van der Waals surface area (Å²) in [4.78, 5) is 44.1. The predicted octanol–water partition coefficient (Wildman–Crippen LogP) is 5.78. The summed E-state index contributed by atoms with van der Waals surface area (Å²) in [6.45, 7) is 4.11. The van der Waals surface area contributed by atoms with Crippen LogP contribution in [0.2, 0.25) is 10.0 Å². The van der Waals surface area contributed by atoms with E-state index in [0.29, 0.717) is 28.7 Å². The van der Waals surface area contributed by atoms with E-state index in [2.05, 4.69) is 0 Å². The van der Waals surface area contributed by atoms with Crippen LogP contribution in [-0.4, -0.2) is 42.5 Å². The summed E-state index contributed by atoms with van der Waals surface area (Å²) in [5, 5.41) is 0.926. The molecule has 1 fully saturated rings. The van der Waals surface area contributed by atoms with Gasteiger partial charge in [0.15, 0.2) is 0 Å². The SMILES string of the molecule is CCOC(=O)C1(C(=O)OCC)c2cc(Cl)ccc2[C@H](c2ccc(Cl)cc2)[C@@H]2CN(Cc3ccccc3)C(=O)C21. The number of hydrogen-bond acceptors (Lipinski definition) is 5. The molecule has 0 saturated carbocycles. The summed E-state index contributed by atoms with van der Waals surface area (Å²) in [6.07, 6.45) is 0. The Bertz CT molecular complexity index is 1370. The van der Waals surface area contributed by atoms with Gasteiger partial charge in [0.2, 0.25) is 11.3 Å². The molecule has 8 heteroatoms. The molecule has 202 valence electrons. The number of amides is 1. The average Bonchev–Trinajstić information content (AvgIpc) is 3.24. The van der Waals surface area contributed by atoms with E-state index in [9.17, 15) is 14.4 Å². The first-order valence-electron chi connectivity index (χ1n) is 13.0. The number of nitrogens with zero attached hydrogens (tertiary/aromatic N) is 1. The van der Waals surface area contributed by atoms with Crippen molar-refractivity contribution in [1.29, 1.82) is 0 Å². The Hall–Kier alpha value is -3.35. The highest BCUT2D eigenvalue weighted by Crippen LogP contribution is 2.57. The van der Waals surface area contributed by atoms with Gasteiger partial charge < -0.3 is 14.4 Å². The van der Waals surface area contributed by atoms with Crippen molar-refractivity contribution in [2.45, 2.75) is 31.7 Å². The van der Waals surface area contributed by atoms with Crippen molar-refractivity contribution in [2.24, 2.45) is 11.8 Å². The molecule has 0 radical (unpaired) electrons. The lowest BCUT2D eigenvalue weighted by molar-refractivity contribution is -0.172. The maximum Gasteiger partial charge on any atom is 0.328 e. The number of carbonyl (C=O) groups is 3. The van der Waals surface area contributed by atoms with Gasteiger partial charge in [0, 0.05) is 35.0 Å². The van der Waals surface area contributed by atoms with Gasteiger partial charge in [-0.05, 0) is 60.4 Å². The minimum absolute atomic E-state index is 0.0375. The Morgan fingerprint density at radius 3 is 2.13 bits per heavy atom. The third-order valence-electron chi connectivity index (χ3n) is 7.75. The van der Waals surface area contributed by atoms with E-state index in [4.69, 9.17) is 32.7 Å². The maximum absolute atomic E-state index is 14.4. The van der Waals surface area contributed by atoms with Gasteiger partial charge in [0.25, 0.3) is 0 Å². The van der Waals surface area contributed by atoms with E-state index in [0.717, 1.165) is 16.7 Å². The lowest BCUT2D eigenvalue weighted by atomic mass is 9.55. The predicted molar refractivity (Wildman–Crippen MR) is 149 cm³/mol. The molecule has 1 aliphatic heterocycles. The first kappa shape index (κ1) is 27.2. The monoisotopic (exact) mass is 565 g/mol. The number of esters is 2. The molecule has 2 aliphatic rings. The number of likely N-dealkylation sites (tertiary alicyclic amines) is 1. The van der Waals surface area contributed by atoms with Crippen molar-refractivity contribution in [3.05, 3.63) is 105 Å². The zero-order chi connectivity index (χ0) is 27.7. The molecule has 1 aliphatic carbocycles. The zero-order valence-corrected chi connectivity index (χ0v) is 23.2. The molecule has 3 atom stereocenters. The molecule has 1 amide bonds. The number of ether oxygens (including phenoxy) is 2. The molecule has 0 bridgehead atoms. The number of rotatable bonds is 7. The normalized spacial score (nSPS) is 21.2. The van der Waals surface area contributed by atoms with Crippen LogP contribution in [-0.2, 0) is 35.8 Å². The summed E-state index contributed by atoms with van der Waals surface area (Å²) < 4.78 is 11.1. The molecule has 1 heterocycles. The van der Waals surface area contributed by atoms with Crippen molar-refractivity contribution in [3.8, 4) is 0 Å². The lowest BCUT2D eigenvalue weighted by Crippen LogP contribution is -2.59. The Balaban J connectivity index is 1.77. The van der Waals surface area contributed by atoms with E-state index < -0.39 is 29.2 Å². The Morgan fingerprint density at radius 2 is 1.51 bits per heavy atom. The van der Waals surface area contributed by atoms with Gasteiger partial charge in [-0.25, -0.2) is 0 Å². The van der Waals surface area contributed by atoms with Gasteiger partial charge in [0.1, 0.15) is 0 Å². The first-order valence-corrected chi connectivity index (χ1v) is 13.8. The molecule has 3 aromatic rings. The van der Waals surface area contributed by atoms with Crippen LogP contribution in [0.3, 0.4) is 0 Å². The van der Waals surface area contributed by atoms with Gasteiger partial charge in [0.05, 0.1) is 19.1 Å². The number of carbonyl (C=O) groups excluding carboxylic acids is 3. The molecule has 0 spiro atoms. The van der Waals surface area contributed by atoms with Crippen LogP contribution >= 0.6 is 23.2 Å². The fourth-order valence-corrected chi connectivity index (χ4v) is 6.56. The molecule has 1 saturated heterocycles. The molecule has 0 aromatic heterocycles. The Morgan fingerprint density at radius 1 is 0.897 bits per heavy atom. The third kappa shape index (κ3) is 4.60. The summed E-state index contributed by atoms with van der Waals surface area (Å²) in [5.41, 5.74) is 0.962. The topological polar surface area (TPSA) is 72.9 Å². The highest BCUT2D eigenvalue weighted by atomic mass is 35.5. The Kier molecular flexibility index (Phi) is 7.70. The summed E-state index contributed by atoms with van der Waals surface area (Å²) in [6, 6.07) is 22.3. The third-order valence-corrected chi connectivity index (χ3v) is 8.23. The van der Waals surface area contributed by atoms with Gasteiger partial charge in [-0.15, -0.1) is 0 Å². The smallest absolute Gasteiger partial charge is 0.328 e. The van der Waals surface area contributed by atoms with Gasteiger partial charge in [-0.3, -0.25) is 14.4 Å². The Labute approximate surface area is 237 Å². The second-order valence-electron chi connectivity index (χ2n) is 9.86. The molecule has 39 heavy (non-hydrogen) atoms. The van der Waals surface area contributed by atoms with Gasteiger partial charge in [-0.2, -0.15) is 0 Å². The highest BCUT2D eigenvalue weighted by Gasteiger charge is 2.68. The van der Waals surface area contributed by atoms with E-state index in [1.165, 1.54) is 0 Å². The van der Waals surface area contributed by atoms with Crippen molar-refractivity contribution in [2.75, 3.05) is 19.8 Å². The van der Waals surface area contributed by atoms with Crippen LogP contribution in [0, 0.1) is 11.8 Å². The van der Waals surface area contributed by atoms with Gasteiger partial charge >= 0.3 is 11.9 Å². The fraction of sp³-hybridized carbons (Fsp3) is 0.323. The highest BCUT2D eigenvalue weighted by molar-refractivity contribution is 6.31. The molecule has 5 rings (SSSR count). The second kappa shape index (κ2) is 11.0. The van der Waals surface area contributed by atoms with Crippen LogP contribution in [0.4, 0.5) is 0 Å². The number of hydrogen-bond donors (Lipinski definition) is 0. The lowest BCUT2D eigenvalue weighted by Gasteiger charge is -2.45. The molecular formula is C31H29Cl2NO5. The molecule has 0 N–H and O–H groups in total. The quantitative estimate of drug-likeness (QED) is 0.268. The van der Waals surface area contributed by atoms with E-state index in [1.807, 2.05) is 48.5 Å². The molecule has 3 aromatic carbocycles. The standard InChI is InChI=1S/C31H29Cl2NO5/c1-3-38-29(36)31(30(37)39-4-2)25-16-22(33)14-15-23(25)26(20-10-12-21(32)13-11-20)24-18-34(28(35)27(24)31)17-19-8-6-5-7-9-19/h5-16,24,26-27H,3-4,17-18H2,1-2H3/t24-,26-,27?/m0/s1. The van der Waals surface area contributed by atoms with Crippen molar-refractivity contribution in [1.82, 2.24) is 4.90 Å². The number of fused-ring (bicyclic) bond motifs is 2. The maximum atomic E-state index is 14.4. The second-order valence-corrected chi connectivity index (χ2v) is 10.7. The van der Waals surface area contributed by atoms with E-state index in [-0.39, 0.29) is 25.0 Å². The van der Waals surface area contributed by atoms with Crippen LogP contribution < -0.4 is 0 Å². The van der Waals surface area contributed by atoms with Crippen LogP contribution in [0.25, 0.3) is 0 Å². The zero-order valence-electron chi connectivity index (χ0n) is 21.7. The first-order chi connectivity index (χ1) is 18.8. The van der Waals surface area contributed by atoms with Crippen LogP contribution in [0.5, 0.6) is 0 Å². The van der Waals surface area contributed by atoms with Crippen molar-refractivity contribution in [3.63, 3.8) is 0 Å². The molecule has 6 nitrogen and oxygen atoms in total. The summed E-state index contributed by atoms with van der Waals surface area (Å²) >= 11 is 12.7. The van der Waals surface area contributed by atoms with E-state index >= 15 is 0 Å². The fourth-order valence-electron chi connectivity index (χ4n) is 6.26. The largest absolute Gasteiger partial charge is 0.465 e. The minimum atomic E-state index is -2.00. The van der Waals surface area contributed by atoms with Crippen molar-refractivity contribution < 1.29 is 23.9 Å². The number of halogens is 2. The number of benzene rings is 3. The summed E-state index contributed by atoms with van der Waals surface area (Å²) in [5.74, 6) is -3.68. The average molecular weight is 566 g/mol. The van der Waals surface area contributed by atoms with Crippen molar-refractivity contribution >= 4 is 41.0 Å². The minimum Gasteiger partial charge on any atom is -0.465 e. The van der Waals surface area contributed by atoms with Crippen LogP contribution in [0.1, 0.15) is 42.0 Å². The molecular weight excluding hydrogens is 537 g/mol. The summed E-state index contributed by atoms with van der Waals surface area (Å²) in [7, 11) is 0.